The third kappa shape index (κ3) is 4.81. The standard InChI is InChI=1S/C19H19ClN4O2S/c1-11-4-7-14(20)10-16(11)21-18(25)12(2)27-19-22-17(23-24-19)13-5-8-15(26-3)9-6-13/h4-10,12H,1-3H3,(H,21,25)(H,22,23,24). The van der Waals surface area contributed by atoms with Crippen LogP contribution in [0.1, 0.15) is 12.5 Å². The number of ether oxygens (including phenoxy) is 1. The maximum absolute atomic E-state index is 12.5. The number of carbonyl (C=O) groups excluding carboxylic acids is 1. The second-order valence-corrected chi connectivity index (χ2v) is 7.65. The van der Waals surface area contributed by atoms with E-state index in [0.29, 0.717) is 21.7 Å². The molecule has 3 aromatic rings. The SMILES string of the molecule is COc1ccc(-c2nc(SC(C)C(=O)Nc3cc(Cl)ccc3C)n[nH]2)cc1. The Kier molecular flexibility index (Phi) is 6.03. The monoisotopic (exact) mass is 402 g/mol. The minimum atomic E-state index is -0.372. The molecule has 1 atom stereocenters. The number of aromatic amines is 1. The normalized spacial score (nSPS) is 11.9. The number of amides is 1. The number of halogens is 1. The zero-order valence-electron chi connectivity index (χ0n) is 15.1. The number of benzene rings is 2. The smallest absolute Gasteiger partial charge is 0.237 e. The van der Waals surface area contributed by atoms with Crippen molar-refractivity contribution in [1.82, 2.24) is 15.2 Å². The number of methoxy groups -OCH3 is 1. The lowest BCUT2D eigenvalue weighted by Crippen LogP contribution is -2.23. The Morgan fingerprint density at radius 3 is 2.70 bits per heavy atom. The van der Waals surface area contributed by atoms with Crippen LogP contribution in [0.2, 0.25) is 5.02 Å². The first-order valence-corrected chi connectivity index (χ1v) is 9.52. The summed E-state index contributed by atoms with van der Waals surface area (Å²) in [4.78, 5) is 16.9. The largest absolute Gasteiger partial charge is 0.497 e. The summed E-state index contributed by atoms with van der Waals surface area (Å²) in [6.07, 6.45) is 0. The van der Waals surface area contributed by atoms with E-state index in [4.69, 9.17) is 16.3 Å². The molecule has 1 amide bonds. The number of H-pyrrole nitrogens is 1. The molecule has 6 nitrogen and oxygen atoms in total. The average Bonchev–Trinajstić information content (AvgIpc) is 3.13. The number of rotatable bonds is 6. The number of aromatic nitrogens is 3. The van der Waals surface area contributed by atoms with Crippen LogP contribution in [-0.4, -0.2) is 33.4 Å². The zero-order chi connectivity index (χ0) is 19.4. The van der Waals surface area contributed by atoms with E-state index in [1.807, 2.05) is 44.2 Å². The highest BCUT2D eigenvalue weighted by molar-refractivity contribution is 8.00. The summed E-state index contributed by atoms with van der Waals surface area (Å²) in [6.45, 7) is 3.73. The summed E-state index contributed by atoms with van der Waals surface area (Å²) in [5, 5.41) is 10.7. The van der Waals surface area contributed by atoms with Crippen LogP contribution in [0.4, 0.5) is 5.69 Å². The molecule has 0 saturated carbocycles. The predicted octanol–water partition coefficient (Wildman–Crippen LogP) is 4.56. The highest BCUT2D eigenvalue weighted by atomic mass is 35.5. The van der Waals surface area contributed by atoms with Gasteiger partial charge in [0, 0.05) is 16.3 Å². The summed E-state index contributed by atoms with van der Waals surface area (Å²) < 4.78 is 5.15. The van der Waals surface area contributed by atoms with Gasteiger partial charge in [-0.1, -0.05) is 29.4 Å². The summed E-state index contributed by atoms with van der Waals surface area (Å²) in [7, 11) is 1.62. The number of anilines is 1. The minimum Gasteiger partial charge on any atom is -0.497 e. The zero-order valence-corrected chi connectivity index (χ0v) is 16.7. The van der Waals surface area contributed by atoms with Gasteiger partial charge in [0.25, 0.3) is 0 Å². The first-order chi connectivity index (χ1) is 13.0. The van der Waals surface area contributed by atoms with E-state index >= 15 is 0 Å². The number of hydrogen-bond donors (Lipinski definition) is 2. The van der Waals surface area contributed by atoms with Gasteiger partial charge in [0.1, 0.15) is 5.75 Å². The van der Waals surface area contributed by atoms with E-state index in [1.54, 1.807) is 19.2 Å². The van der Waals surface area contributed by atoms with Crippen LogP contribution in [0.3, 0.4) is 0 Å². The number of hydrogen-bond acceptors (Lipinski definition) is 5. The van der Waals surface area contributed by atoms with Crippen molar-refractivity contribution >= 4 is 35.0 Å². The van der Waals surface area contributed by atoms with Gasteiger partial charge in [-0.2, -0.15) is 0 Å². The van der Waals surface area contributed by atoms with Crippen molar-refractivity contribution < 1.29 is 9.53 Å². The molecule has 140 valence electrons. The Labute approximate surface area is 166 Å². The molecule has 3 rings (SSSR count). The average molecular weight is 403 g/mol. The first-order valence-electron chi connectivity index (χ1n) is 8.27. The topological polar surface area (TPSA) is 79.9 Å². The molecule has 0 aliphatic carbocycles. The predicted molar refractivity (Wildman–Crippen MR) is 109 cm³/mol. The van der Waals surface area contributed by atoms with Crippen LogP contribution in [0.25, 0.3) is 11.4 Å². The highest BCUT2D eigenvalue weighted by Crippen LogP contribution is 2.26. The molecule has 0 radical (unpaired) electrons. The second-order valence-electron chi connectivity index (χ2n) is 5.90. The number of nitrogens with one attached hydrogen (secondary N) is 2. The lowest BCUT2D eigenvalue weighted by atomic mass is 10.2. The quantitative estimate of drug-likeness (QED) is 0.591. The molecular weight excluding hydrogens is 384 g/mol. The van der Waals surface area contributed by atoms with E-state index in [0.717, 1.165) is 16.9 Å². The molecule has 1 heterocycles. The van der Waals surface area contributed by atoms with Gasteiger partial charge in [0.15, 0.2) is 5.82 Å². The minimum absolute atomic E-state index is 0.138. The van der Waals surface area contributed by atoms with Gasteiger partial charge >= 0.3 is 0 Å². The van der Waals surface area contributed by atoms with Crippen LogP contribution in [0, 0.1) is 6.92 Å². The van der Waals surface area contributed by atoms with Crippen molar-refractivity contribution in [2.24, 2.45) is 0 Å². The Balaban J connectivity index is 1.65. The Hall–Kier alpha value is -2.51. The molecule has 0 bridgehead atoms. The van der Waals surface area contributed by atoms with E-state index in [1.165, 1.54) is 11.8 Å². The number of aryl methyl sites for hydroxylation is 1. The van der Waals surface area contributed by atoms with Crippen LogP contribution in [-0.2, 0) is 4.79 Å². The van der Waals surface area contributed by atoms with E-state index in [9.17, 15) is 4.79 Å². The molecule has 0 fully saturated rings. The van der Waals surface area contributed by atoms with Crippen molar-refractivity contribution in [1.29, 1.82) is 0 Å². The number of carbonyl (C=O) groups is 1. The molecular formula is C19H19ClN4O2S. The molecule has 0 aliphatic rings. The fourth-order valence-electron chi connectivity index (χ4n) is 2.35. The molecule has 2 aromatic carbocycles. The lowest BCUT2D eigenvalue weighted by molar-refractivity contribution is -0.115. The van der Waals surface area contributed by atoms with Crippen molar-refractivity contribution in [3.63, 3.8) is 0 Å². The van der Waals surface area contributed by atoms with Gasteiger partial charge in [-0.15, -0.1) is 5.10 Å². The summed E-state index contributed by atoms with van der Waals surface area (Å²) in [5.41, 5.74) is 2.54. The van der Waals surface area contributed by atoms with Crippen LogP contribution in [0.15, 0.2) is 47.6 Å². The van der Waals surface area contributed by atoms with Crippen molar-refractivity contribution in [3.05, 3.63) is 53.1 Å². The van der Waals surface area contributed by atoms with Gasteiger partial charge in [-0.05, 0) is 55.8 Å². The summed E-state index contributed by atoms with van der Waals surface area (Å²) >= 11 is 7.28. The summed E-state index contributed by atoms with van der Waals surface area (Å²) in [6, 6.07) is 12.9. The number of nitrogens with zero attached hydrogens (tertiary/aromatic N) is 2. The Bertz CT molecular complexity index is 943. The maximum atomic E-state index is 12.5. The van der Waals surface area contributed by atoms with Gasteiger partial charge in [0.05, 0.1) is 12.4 Å². The molecule has 8 heteroatoms. The fraction of sp³-hybridized carbons (Fsp3) is 0.211. The van der Waals surface area contributed by atoms with Gasteiger partial charge in [-0.3, -0.25) is 9.89 Å². The molecule has 0 saturated heterocycles. The van der Waals surface area contributed by atoms with Crippen molar-refractivity contribution in [2.45, 2.75) is 24.3 Å². The molecule has 0 spiro atoms. The number of thioether (sulfide) groups is 1. The summed E-state index contributed by atoms with van der Waals surface area (Å²) in [5.74, 6) is 1.27. The third-order valence-electron chi connectivity index (χ3n) is 3.94. The molecule has 0 aliphatic heterocycles. The van der Waals surface area contributed by atoms with E-state index < -0.39 is 0 Å². The lowest BCUT2D eigenvalue weighted by Gasteiger charge is -2.12. The van der Waals surface area contributed by atoms with Gasteiger partial charge in [0.2, 0.25) is 11.1 Å². The van der Waals surface area contributed by atoms with Crippen LogP contribution >= 0.6 is 23.4 Å². The van der Waals surface area contributed by atoms with E-state index in [-0.39, 0.29) is 11.2 Å². The molecule has 1 aromatic heterocycles. The second kappa shape index (κ2) is 8.45. The van der Waals surface area contributed by atoms with Gasteiger partial charge in [-0.25, -0.2) is 4.98 Å². The third-order valence-corrected chi connectivity index (χ3v) is 5.13. The van der Waals surface area contributed by atoms with Crippen LogP contribution in [0.5, 0.6) is 5.75 Å². The molecule has 27 heavy (non-hydrogen) atoms. The molecule has 1 unspecified atom stereocenters. The Morgan fingerprint density at radius 1 is 1.26 bits per heavy atom. The van der Waals surface area contributed by atoms with Crippen molar-refractivity contribution in [2.75, 3.05) is 12.4 Å². The fourth-order valence-corrected chi connectivity index (χ4v) is 3.25. The Morgan fingerprint density at radius 2 is 2.00 bits per heavy atom. The van der Waals surface area contributed by atoms with Crippen molar-refractivity contribution in [3.8, 4) is 17.1 Å². The maximum Gasteiger partial charge on any atom is 0.237 e. The van der Waals surface area contributed by atoms with E-state index in [2.05, 4.69) is 20.5 Å². The highest BCUT2D eigenvalue weighted by Gasteiger charge is 2.18. The van der Waals surface area contributed by atoms with Gasteiger partial charge < -0.3 is 10.1 Å². The van der Waals surface area contributed by atoms with Crippen LogP contribution < -0.4 is 10.1 Å². The molecule has 2 N–H and O–H groups in total. The first kappa shape index (κ1) is 19.3.